The van der Waals surface area contributed by atoms with Crippen molar-refractivity contribution in [2.75, 3.05) is 6.61 Å². The lowest BCUT2D eigenvalue weighted by molar-refractivity contribution is -0.0182. The van der Waals surface area contributed by atoms with Crippen molar-refractivity contribution in [3.05, 3.63) is 24.2 Å². The van der Waals surface area contributed by atoms with Gasteiger partial charge in [0, 0.05) is 6.61 Å². The van der Waals surface area contributed by atoms with Crippen molar-refractivity contribution in [1.29, 1.82) is 0 Å². The molecular weight excluding hydrogens is 152 g/mol. The van der Waals surface area contributed by atoms with Crippen molar-refractivity contribution >= 4 is 0 Å². The summed E-state index contributed by atoms with van der Waals surface area (Å²) in [6, 6.07) is 3.90. The molecule has 0 spiro atoms. The van der Waals surface area contributed by atoms with E-state index in [0.29, 0.717) is 0 Å². The van der Waals surface area contributed by atoms with E-state index in [2.05, 4.69) is 6.92 Å². The highest BCUT2D eigenvalue weighted by Crippen LogP contribution is 2.31. The molecule has 2 heteroatoms. The SMILES string of the molecule is CC1CCOC(c2ccco2)C1. The minimum absolute atomic E-state index is 0.198. The molecule has 1 fully saturated rings. The van der Waals surface area contributed by atoms with E-state index in [0.717, 1.165) is 24.7 Å². The van der Waals surface area contributed by atoms with E-state index < -0.39 is 0 Å². The first-order chi connectivity index (χ1) is 5.86. The zero-order valence-corrected chi connectivity index (χ0v) is 7.32. The van der Waals surface area contributed by atoms with Crippen LogP contribution in [0.5, 0.6) is 0 Å². The summed E-state index contributed by atoms with van der Waals surface area (Å²) < 4.78 is 10.9. The Morgan fingerprint density at radius 1 is 1.50 bits per heavy atom. The smallest absolute Gasteiger partial charge is 0.132 e. The van der Waals surface area contributed by atoms with Crippen molar-refractivity contribution in [3.63, 3.8) is 0 Å². The molecule has 2 rings (SSSR count). The number of rotatable bonds is 1. The van der Waals surface area contributed by atoms with Crippen molar-refractivity contribution in [3.8, 4) is 0 Å². The van der Waals surface area contributed by atoms with E-state index in [1.165, 1.54) is 6.42 Å². The Balaban J connectivity index is 2.04. The van der Waals surface area contributed by atoms with Crippen molar-refractivity contribution in [2.45, 2.75) is 25.9 Å². The molecule has 1 aliphatic heterocycles. The molecule has 1 aromatic heterocycles. The molecule has 0 radical (unpaired) electrons. The Bertz CT molecular complexity index is 228. The van der Waals surface area contributed by atoms with Gasteiger partial charge in [-0.05, 0) is 30.9 Å². The molecule has 2 heterocycles. The molecule has 2 unspecified atom stereocenters. The Morgan fingerprint density at radius 3 is 3.08 bits per heavy atom. The van der Waals surface area contributed by atoms with Crippen molar-refractivity contribution < 1.29 is 9.15 Å². The van der Waals surface area contributed by atoms with Gasteiger partial charge in [-0.1, -0.05) is 6.92 Å². The van der Waals surface area contributed by atoms with Gasteiger partial charge in [-0.25, -0.2) is 0 Å². The number of hydrogen-bond acceptors (Lipinski definition) is 2. The fourth-order valence-electron chi connectivity index (χ4n) is 1.64. The molecule has 2 nitrogen and oxygen atoms in total. The third-order valence-electron chi connectivity index (χ3n) is 2.41. The van der Waals surface area contributed by atoms with Crippen LogP contribution in [0.4, 0.5) is 0 Å². The zero-order valence-electron chi connectivity index (χ0n) is 7.32. The maximum absolute atomic E-state index is 5.60. The lowest BCUT2D eigenvalue weighted by Crippen LogP contribution is -2.17. The van der Waals surface area contributed by atoms with Crippen LogP contribution in [0.1, 0.15) is 31.6 Å². The van der Waals surface area contributed by atoms with E-state index in [-0.39, 0.29) is 6.10 Å². The van der Waals surface area contributed by atoms with Gasteiger partial charge in [-0.15, -0.1) is 0 Å². The van der Waals surface area contributed by atoms with E-state index in [1.807, 2.05) is 12.1 Å². The van der Waals surface area contributed by atoms with Gasteiger partial charge in [0.15, 0.2) is 0 Å². The second-order valence-corrected chi connectivity index (χ2v) is 3.50. The topological polar surface area (TPSA) is 22.4 Å². The highest BCUT2D eigenvalue weighted by atomic mass is 16.5. The van der Waals surface area contributed by atoms with Gasteiger partial charge >= 0.3 is 0 Å². The summed E-state index contributed by atoms with van der Waals surface area (Å²) in [4.78, 5) is 0. The highest BCUT2D eigenvalue weighted by molar-refractivity contribution is 5.03. The van der Waals surface area contributed by atoms with Crippen molar-refractivity contribution in [2.24, 2.45) is 5.92 Å². The Morgan fingerprint density at radius 2 is 2.42 bits per heavy atom. The summed E-state index contributed by atoms with van der Waals surface area (Å²) in [7, 11) is 0. The normalized spacial score (nSPS) is 30.4. The predicted molar refractivity (Wildman–Crippen MR) is 45.8 cm³/mol. The molecule has 66 valence electrons. The molecule has 0 amide bonds. The van der Waals surface area contributed by atoms with Crippen molar-refractivity contribution in [1.82, 2.24) is 0 Å². The molecule has 1 saturated heterocycles. The lowest BCUT2D eigenvalue weighted by atomic mass is 9.96. The van der Waals surface area contributed by atoms with E-state index in [1.54, 1.807) is 6.26 Å². The summed E-state index contributed by atoms with van der Waals surface area (Å²) in [6.45, 7) is 3.13. The first-order valence-electron chi connectivity index (χ1n) is 4.51. The highest BCUT2D eigenvalue weighted by Gasteiger charge is 2.22. The monoisotopic (exact) mass is 166 g/mol. The second kappa shape index (κ2) is 3.31. The first-order valence-corrected chi connectivity index (χ1v) is 4.51. The third kappa shape index (κ3) is 1.53. The van der Waals surface area contributed by atoms with Crippen LogP contribution in [-0.4, -0.2) is 6.61 Å². The number of hydrogen-bond donors (Lipinski definition) is 0. The van der Waals surface area contributed by atoms with E-state index in [9.17, 15) is 0 Å². The van der Waals surface area contributed by atoms with Gasteiger partial charge in [0.1, 0.15) is 11.9 Å². The first kappa shape index (κ1) is 7.87. The predicted octanol–water partition coefficient (Wildman–Crippen LogP) is 2.77. The average molecular weight is 166 g/mol. The van der Waals surface area contributed by atoms with Gasteiger partial charge in [0.2, 0.25) is 0 Å². The zero-order chi connectivity index (χ0) is 8.39. The van der Waals surface area contributed by atoms with Gasteiger partial charge in [0.05, 0.1) is 6.26 Å². The molecular formula is C10H14O2. The van der Waals surface area contributed by atoms with E-state index >= 15 is 0 Å². The fourth-order valence-corrected chi connectivity index (χ4v) is 1.64. The Hall–Kier alpha value is -0.760. The molecule has 0 aliphatic carbocycles. The molecule has 0 saturated carbocycles. The molecule has 1 aliphatic rings. The van der Waals surface area contributed by atoms with E-state index in [4.69, 9.17) is 9.15 Å². The molecule has 0 bridgehead atoms. The summed E-state index contributed by atoms with van der Waals surface area (Å²) in [5.74, 6) is 1.73. The quantitative estimate of drug-likeness (QED) is 0.640. The molecule has 12 heavy (non-hydrogen) atoms. The largest absolute Gasteiger partial charge is 0.467 e. The van der Waals surface area contributed by atoms with Crippen LogP contribution in [0, 0.1) is 5.92 Å². The van der Waals surface area contributed by atoms with Crippen LogP contribution in [-0.2, 0) is 4.74 Å². The standard InChI is InChI=1S/C10H14O2/c1-8-4-6-12-10(7-8)9-3-2-5-11-9/h2-3,5,8,10H,4,6-7H2,1H3. The van der Waals surface area contributed by atoms with Crippen LogP contribution >= 0.6 is 0 Å². The van der Waals surface area contributed by atoms with Crippen LogP contribution in [0.3, 0.4) is 0 Å². The maximum atomic E-state index is 5.60. The molecule has 0 aromatic carbocycles. The molecule has 0 N–H and O–H groups in total. The lowest BCUT2D eigenvalue weighted by Gasteiger charge is -2.25. The summed E-state index contributed by atoms with van der Waals surface area (Å²) in [5.41, 5.74) is 0. The number of ether oxygens (including phenoxy) is 1. The molecule has 2 atom stereocenters. The molecule has 1 aromatic rings. The summed E-state index contributed by atoms with van der Waals surface area (Å²) in [5, 5.41) is 0. The van der Waals surface area contributed by atoms with Gasteiger partial charge in [-0.3, -0.25) is 0 Å². The maximum Gasteiger partial charge on any atom is 0.132 e. The number of furan rings is 1. The summed E-state index contributed by atoms with van der Waals surface area (Å²) in [6.07, 6.45) is 4.17. The Labute approximate surface area is 72.5 Å². The van der Waals surface area contributed by atoms with Gasteiger partial charge in [-0.2, -0.15) is 0 Å². The second-order valence-electron chi connectivity index (χ2n) is 3.50. The van der Waals surface area contributed by atoms with Crippen LogP contribution in [0.25, 0.3) is 0 Å². The minimum Gasteiger partial charge on any atom is -0.467 e. The summed E-state index contributed by atoms with van der Waals surface area (Å²) >= 11 is 0. The van der Waals surface area contributed by atoms with Crippen LogP contribution in [0.2, 0.25) is 0 Å². The third-order valence-corrected chi connectivity index (χ3v) is 2.41. The average Bonchev–Trinajstić information content (AvgIpc) is 2.56. The van der Waals surface area contributed by atoms with Gasteiger partial charge in [0.25, 0.3) is 0 Å². The Kier molecular flexibility index (Phi) is 2.17. The minimum atomic E-state index is 0.198. The van der Waals surface area contributed by atoms with Gasteiger partial charge < -0.3 is 9.15 Å². The van der Waals surface area contributed by atoms with Crippen LogP contribution < -0.4 is 0 Å². The fraction of sp³-hybridized carbons (Fsp3) is 0.600. The van der Waals surface area contributed by atoms with Crippen LogP contribution in [0.15, 0.2) is 22.8 Å².